The first-order valence-corrected chi connectivity index (χ1v) is 10.4. The second-order valence-corrected chi connectivity index (χ2v) is 8.09. The standard InChI is InChI=1S/C25H33FN/c1-6-10-12-19-15-16-21-20(17-19)22-13-11-14-23(27(22)9-4)25(8-3,18-26)24(21,5)7-2/h9,11,13-17H,4,6-8,10,12,18H2,1-3,5H3/q+1. The van der Waals surface area contributed by atoms with Crippen LogP contribution in [0.15, 0.2) is 43.0 Å². The molecule has 144 valence electrons. The summed E-state index contributed by atoms with van der Waals surface area (Å²) < 4.78 is 17.0. The van der Waals surface area contributed by atoms with Crippen molar-refractivity contribution in [1.29, 1.82) is 0 Å². The van der Waals surface area contributed by atoms with Gasteiger partial charge in [0.05, 0.1) is 11.0 Å². The van der Waals surface area contributed by atoms with Crippen molar-refractivity contribution in [3.8, 4) is 11.3 Å². The van der Waals surface area contributed by atoms with E-state index in [1.807, 2.05) is 6.20 Å². The molecule has 27 heavy (non-hydrogen) atoms. The zero-order valence-corrected chi connectivity index (χ0v) is 17.3. The maximum Gasteiger partial charge on any atom is 0.218 e. The van der Waals surface area contributed by atoms with Crippen LogP contribution in [0, 0.1) is 0 Å². The van der Waals surface area contributed by atoms with Gasteiger partial charge in [0.1, 0.15) is 6.67 Å². The first-order valence-electron chi connectivity index (χ1n) is 10.4. The zero-order chi connectivity index (χ0) is 19.7. The molecule has 0 spiro atoms. The maximum absolute atomic E-state index is 14.9. The summed E-state index contributed by atoms with van der Waals surface area (Å²) in [5.41, 5.74) is 5.17. The van der Waals surface area contributed by atoms with Gasteiger partial charge in [-0.3, -0.25) is 0 Å². The van der Waals surface area contributed by atoms with E-state index >= 15 is 0 Å². The molecule has 1 aliphatic rings. The molecule has 0 fully saturated rings. The van der Waals surface area contributed by atoms with Crippen LogP contribution in [0.4, 0.5) is 4.39 Å². The van der Waals surface area contributed by atoms with Crippen molar-refractivity contribution in [3.05, 3.63) is 59.8 Å². The van der Waals surface area contributed by atoms with Crippen LogP contribution in [-0.2, 0) is 17.3 Å². The highest BCUT2D eigenvalue weighted by atomic mass is 19.1. The van der Waals surface area contributed by atoms with E-state index in [-0.39, 0.29) is 12.1 Å². The molecular weight excluding hydrogens is 333 g/mol. The normalized spacial score (nSPS) is 23.6. The van der Waals surface area contributed by atoms with Gasteiger partial charge in [-0.15, -0.1) is 0 Å². The monoisotopic (exact) mass is 366 g/mol. The largest absolute Gasteiger partial charge is 0.250 e. The van der Waals surface area contributed by atoms with E-state index in [0.717, 1.165) is 30.7 Å². The number of alkyl halides is 1. The number of aromatic nitrogens is 1. The van der Waals surface area contributed by atoms with Gasteiger partial charge in [-0.25, -0.2) is 4.39 Å². The van der Waals surface area contributed by atoms with Crippen molar-refractivity contribution in [2.24, 2.45) is 0 Å². The minimum absolute atomic E-state index is 0.282. The van der Waals surface area contributed by atoms with Gasteiger partial charge < -0.3 is 0 Å². The molecule has 0 saturated heterocycles. The molecule has 2 heterocycles. The Morgan fingerprint density at radius 3 is 2.48 bits per heavy atom. The average Bonchev–Trinajstić information content (AvgIpc) is 2.75. The lowest BCUT2D eigenvalue weighted by molar-refractivity contribution is -0.571. The number of fused-ring (bicyclic) bond motifs is 4. The molecule has 1 nitrogen and oxygen atoms in total. The third kappa shape index (κ3) is 2.76. The summed E-state index contributed by atoms with van der Waals surface area (Å²) in [6.45, 7) is 12.5. The Balaban J connectivity index is 2.40. The second-order valence-electron chi connectivity index (χ2n) is 8.09. The van der Waals surface area contributed by atoms with Crippen LogP contribution in [0.5, 0.6) is 0 Å². The number of pyridine rings is 1. The van der Waals surface area contributed by atoms with E-state index in [9.17, 15) is 4.39 Å². The molecule has 2 heteroatoms. The van der Waals surface area contributed by atoms with Gasteiger partial charge in [-0.1, -0.05) is 46.2 Å². The van der Waals surface area contributed by atoms with Crippen LogP contribution in [0.25, 0.3) is 17.5 Å². The fourth-order valence-electron chi connectivity index (χ4n) is 5.10. The third-order valence-corrected chi connectivity index (χ3v) is 7.07. The summed E-state index contributed by atoms with van der Waals surface area (Å²) in [7, 11) is 0. The minimum Gasteiger partial charge on any atom is -0.250 e. The van der Waals surface area contributed by atoms with Crippen LogP contribution in [0.1, 0.15) is 70.2 Å². The quantitative estimate of drug-likeness (QED) is 0.500. The molecule has 0 saturated carbocycles. The summed E-state index contributed by atoms with van der Waals surface area (Å²) in [6.07, 6.45) is 6.96. The summed E-state index contributed by atoms with van der Waals surface area (Å²) in [5.74, 6) is 0. The van der Waals surface area contributed by atoms with Crippen LogP contribution < -0.4 is 4.57 Å². The van der Waals surface area contributed by atoms with Crippen LogP contribution in [0.3, 0.4) is 0 Å². The number of benzene rings is 1. The minimum atomic E-state index is -0.567. The third-order valence-electron chi connectivity index (χ3n) is 7.07. The molecule has 1 aromatic carbocycles. The van der Waals surface area contributed by atoms with Gasteiger partial charge in [0, 0.05) is 17.5 Å². The van der Waals surface area contributed by atoms with Crippen molar-refractivity contribution in [2.75, 3.05) is 6.67 Å². The highest BCUT2D eigenvalue weighted by molar-refractivity contribution is 5.67. The first-order chi connectivity index (χ1) is 13.0. The molecule has 3 rings (SSSR count). The maximum atomic E-state index is 14.9. The number of hydrogen-bond donors (Lipinski definition) is 0. The number of aryl methyl sites for hydroxylation is 1. The Kier molecular flexibility index (Phi) is 5.55. The van der Waals surface area contributed by atoms with Gasteiger partial charge in [0.15, 0.2) is 11.9 Å². The number of hydrogen-bond acceptors (Lipinski definition) is 0. The Bertz CT molecular complexity index is 834. The molecule has 2 bridgehead atoms. The molecule has 2 aromatic rings. The van der Waals surface area contributed by atoms with Crippen LogP contribution in [-0.4, -0.2) is 6.67 Å². The van der Waals surface area contributed by atoms with Gasteiger partial charge >= 0.3 is 0 Å². The summed E-state index contributed by atoms with van der Waals surface area (Å²) in [5, 5.41) is 0. The molecule has 1 aliphatic heterocycles. The Labute approximate surface area is 163 Å². The van der Waals surface area contributed by atoms with E-state index in [2.05, 4.69) is 75.2 Å². The molecule has 1 aromatic heterocycles. The number of unbranched alkanes of at least 4 members (excludes halogenated alkanes) is 1. The van der Waals surface area contributed by atoms with E-state index < -0.39 is 5.41 Å². The lowest BCUT2D eigenvalue weighted by Gasteiger charge is -2.44. The summed E-state index contributed by atoms with van der Waals surface area (Å²) >= 11 is 0. The first kappa shape index (κ1) is 19.8. The van der Waals surface area contributed by atoms with Gasteiger partial charge in [0.25, 0.3) is 0 Å². The predicted octanol–water partition coefficient (Wildman–Crippen LogP) is 6.38. The molecule has 0 amide bonds. The summed E-state index contributed by atoms with van der Waals surface area (Å²) in [4.78, 5) is 0. The molecule has 2 unspecified atom stereocenters. The average molecular weight is 367 g/mol. The smallest absolute Gasteiger partial charge is 0.218 e. The van der Waals surface area contributed by atoms with Crippen molar-refractivity contribution >= 4 is 6.20 Å². The van der Waals surface area contributed by atoms with Crippen molar-refractivity contribution in [2.45, 2.75) is 70.6 Å². The van der Waals surface area contributed by atoms with Crippen LogP contribution in [0.2, 0.25) is 0 Å². The Morgan fingerprint density at radius 1 is 1.11 bits per heavy atom. The molecule has 0 N–H and O–H groups in total. The fraction of sp³-hybridized carbons (Fsp3) is 0.480. The highest BCUT2D eigenvalue weighted by Crippen LogP contribution is 2.52. The highest BCUT2D eigenvalue weighted by Gasteiger charge is 2.56. The Hall–Kier alpha value is -1.96. The zero-order valence-electron chi connectivity index (χ0n) is 17.3. The van der Waals surface area contributed by atoms with Gasteiger partial charge in [-0.2, -0.15) is 4.57 Å². The lowest BCUT2D eigenvalue weighted by Crippen LogP contribution is -2.53. The van der Waals surface area contributed by atoms with Crippen molar-refractivity contribution in [1.82, 2.24) is 0 Å². The second kappa shape index (κ2) is 7.58. The fourth-order valence-corrected chi connectivity index (χ4v) is 5.10. The molecule has 0 radical (unpaired) electrons. The predicted molar refractivity (Wildman–Crippen MR) is 113 cm³/mol. The van der Waals surface area contributed by atoms with E-state index in [1.165, 1.54) is 29.5 Å². The molecule has 2 atom stereocenters. The summed E-state index contributed by atoms with van der Waals surface area (Å²) in [6, 6.07) is 13.2. The topological polar surface area (TPSA) is 3.88 Å². The van der Waals surface area contributed by atoms with Crippen molar-refractivity contribution < 1.29 is 8.96 Å². The number of nitrogens with zero attached hydrogens (tertiary/aromatic N) is 1. The van der Waals surface area contributed by atoms with Crippen LogP contribution >= 0.6 is 0 Å². The van der Waals surface area contributed by atoms with Gasteiger partial charge in [0.2, 0.25) is 5.69 Å². The van der Waals surface area contributed by atoms with Gasteiger partial charge in [-0.05, 0) is 55.5 Å². The van der Waals surface area contributed by atoms with E-state index in [4.69, 9.17) is 0 Å². The van der Waals surface area contributed by atoms with Crippen molar-refractivity contribution in [3.63, 3.8) is 0 Å². The number of rotatable bonds is 7. The van der Waals surface area contributed by atoms with E-state index in [1.54, 1.807) is 0 Å². The van der Waals surface area contributed by atoms with E-state index in [0.29, 0.717) is 0 Å². The Morgan fingerprint density at radius 2 is 1.89 bits per heavy atom. The number of halogens is 1. The SMILES string of the molecule is C=C[n+]1c2cccc1C(CC)(CF)C(C)(CC)c1ccc(CCCC)cc1-2. The molecular formula is C25H33FN+. The lowest BCUT2D eigenvalue weighted by atomic mass is 9.57. The molecule has 0 aliphatic carbocycles.